The van der Waals surface area contributed by atoms with Crippen molar-refractivity contribution < 1.29 is 9.84 Å². The molecule has 2 heterocycles. The normalized spacial score (nSPS) is 17.6. The number of aromatic nitrogens is 2. The van der Waals surface area contributed by atoms with Gasteiger partial charge in [-0.05, 0) is 37.9 Å². The first-order chi connectivity index (χ1) is 13.6. The second-order valence-electron chi connectivity index (χ2n) is 7.64. The van der Waals surface area contributed by atoms with Crippen molar-refractivity contribution in [3.8, 4) is 22.6 Å². The van der Waals surface area contributed by atoms with Gasteiger partial charge < -0.3 is 9.84 Å². The van der Waals surface area contributed by atoms with Crippen molar-refractivity contribution in [3.05, 3.63) is 65.5 Å². The largest absolute Gasteiger partial charge is 0.507 e. The van der Waals surface area contributed by atoms with Gasteiger partial charge in [0.25, 0.3) is 0 Å². The Bertz CT molecular complexity index is 951. The SMILES string of the molecule is COc1ccc(CN2CCC[C@@H](c3[nH]ncc3-c3cccc(C)c3)C2)c(O)c1. The zero-order valence-corrected chi connectivity index (χ0v) is 16.5. The van der Waals surface area contributed by atoms with E-state index in [1.54, 1.807) is 13.2 Å². The van der Waals surface area contributed by atoms with Crippen LogP contribution in [0.2, 0.25) is 0 Å². The zero-order chi connectivity index (χ0) is 19.5. The number of phenols is 1. The summed E-state index contributed by atoms with van der Waals surface area (Å²) in [6.07, 6.45) is 4.22. The van der Waals surface area contributed by atoms with E-state index in [2.05, 4.69) is 46.3 Å². The maximum atomic E-state index is 10.3. The molecule has 0 radical (unpaired) electrons. The monoisotopic (exact) mass is 377 g/mol. The predicted molar refractivity (Wildman–Crippen MR) is 111 cm³/mol. The molecular formula is C23H27N3O2. The molecule has 0 amide bonds. The third-order valence-electron chi connectivity index (χ3n) is 5.60. The number of aromatic amines is 1. The smallest absolute Gasteiger partial charge is 0.123 e. The standard InChI is InChI=1S/C23H27N3O2/c1-16-5-3-6-17(11-16)21-13-24-25-23(21)19-7-4-10-26(15-19)14-18-8-9-20(28-2)12-22(18)27/h3,5-6,8-9,11-13,19,27H,4,7,10,14-15H2,1-2H3,(H,24,25)/t19-/m1/s1. The highest BCUT2D eigenvalue weighted by Gasteiger charge is 2.25. The van der Waals surface area contributed by atoms with Crippen LogP contribution in [0.3, 0.4) is 0 Å². The number of piperidine rings is 1. The van der Waals surface area contributed by atoms with E-state index in [1.165, 1.54) is 22.4 Å². The van der Waals surface area contributed by atoms with Crippen molar-refractivity contribution in [2.45, 2.75) is 32.2 Å². The van der Waals surface area contributed by atoms with E-state index in [0.29, 0.717) is 17.4 Å². The van der Waals surface area contributed by atoms with Crippen LogP contribution in [-0.2, 0) is 6.54 Å². The Kier molecular flexibility index (Phi) is 5.35. The molecule has 5 nitrogen and oxygen atoms in total. The third kappa shape index (κ3) is 3.90. The summed E-state index contributed by atoms with van der Waals surface area (Å²) in [4.78, 5) is 2.41. The summed E-state index contributed by atoms with van der Waals surface area (Å²) in [5.74, 6) is 1.38. The highest BCUT2D eigenvalue weighted by molar-refractivity contribution is 5.66. The number of ether oxygens (including phenoxy) is 1. The molecule has 1 fully saturated rings. The molecule has 146 valence electrons. The van der Waals surface area contributed by atoms with Gasteiger partial charge in [0.05, 0.1) is 13.3 Å². The molecule has 1 atom stereocenters. The van der Waals surface area contributed by atoms with Crippen LogP contribution < -0.4 is 4.74 Å². The molecule has 0 aliphatic carbocycles. The van der Waals surface area contributed by atoms with Crippen molar-refractivity contribution in [3.63, 3.8) is 0 Å². The van der Waals surface area contributed by atoms with Crippen LogP contribution >= 0.6 is 0 Å². The Balaban J connectivity index is 1.51. The lowest BCUT2D eigenvalue weighted by Gasteiger charge is -2.33. The van der Waals surface area contributed by atoms with E-state index < -0.39 is 0 Å². The minimum atomic E-state index is 0.295. The van der Waals surface area contributed by atoms with Gasteiger partial charge in [-0.2, -0.15) is 5.10 Å². The molecule has 4 rings (SSSR count). The Morgan fingerprint density at radius 3 is 2.93 bits per heavy atom. The van der Waals surface area contributed by atoms with Crippen LogP contribution in [0.5, 0.6) is 11.5 Å². The first-order valence-corrected chi connectivity index (χ1v) is 9.82. The summed E-state index contributed by atoms with van der Waals surface area (Å²) in [6, 6.07) is 14.1. The minimum absolute atomic E-state index is 0.295. The van der Waals surface area contributed by atoms with E-state index >= 15 is 0 Å². The molecule has 2 aromatic carbocycles. The average molecular weight is 377 g/mol. The molecule has 0 unspecified atom stereocenters. The van der Waals surface area contributed by atoms with Crippen molar-refractivity contribution in [2.75, 3.05) is 20.2 Å². The summed E-state index contributed by atoms with van der Waals surface area (Å²) in [5.41, 5.74) is 5.82. The van der Waals surface area contributed by atoms with Gasteiger partial charge in [-0.1, -0.05) is 35.9 Å². The zero-order valence-electron chi connectivity index (χ0n) is 16.5. The van der Waals surface area contributed by atoms with E-state index in [1.807, 2.05) is 18.3 Å². The molecule has 2 N–H and O–H groups in total. The van der Waals surface area contributed by atoms with Crippen LogP contribution in [-0.4, -0.2) is 40.4 Å². The fourth-order valence-electron chi connectivity index (χ4n) is 4.13. The second-order valence-corrected chi connectivity index (χ2v) is 7.64. The molecule has 0 saturated carbocycles. The predicted octanol–water partition coefficient (Wildman–Crippen LogP) is 4.48. The van der Waals surface area contributed by atoms with Gasteiger partial charge in [0, 0.05) is 41.9 Å². The van der Waals surface area contributed by atoms with Crippen molar-refractivity contribution in [1.82, 2.24) is 15.1 Å². The second kappa shape index (κ2) is 8.07. The molecule has 5 heteroatoms. The highest BCUT2D eigenvalue weighted by Crippen LogP contribution is 2.34. The number of nitrogens with zero attached hydrogens (tertiary/aromatic N) is 2. The topological polar surface area (TPSA) is 61.4 Å². The van der Waals surface area contributed by atoms with E-state index in [-0.39, 0.29) is 0 Å². The Labute approximate surface area is 166 Å². The van der Waals surface area contributed by atoms with Gasteiger partial charge >= 0.3 is 0 Å². The molecule has 1 aromatic heterocycles. The third-order valence-corrected chi connectivity index (χ3v) is 5.60. The number of methoxy groups -OCH3 is 1. The number of aromatic hydroxyl groups is 1. The van der Waals surface area contributed by atoms with Gasteiger partial charge in [0.15, 0.2) is 0 Å². The molecule has 3 aromatic rings. The molecular weight excluding hydrogens is 350 g/mol. The minimum Gasteiger partial charge on any atom is -0.507 e. The Morgan fingerprint density at radius 1 is 1.25 bits per heavy atom. The molecule has 1 aliphatic rings. The maximum Gasteiger partial charge on any atom is 0.123 e. The molecule has 1 saturated heterocycles. The van der Waals surface area contributed by atoms with Gasteiger partial charge in [-0.3, -0.25) is 10.00 Å². The van der Waals surface area contributed by atoms with Crippen LogP contribution in [0.15, 0.2) is 48.7 Å². The summed E-state index contributed by atoms with van der Waals surface area (Å²) in [6.45, 7) is 4.84. The number of phenolic OH excluding ortho intramolecular Hbond substituents is 1. The Hall–Kier alpha value is -2.79. The fraction of sp³-hybridized carbons (Fsp3) is 0.348. The van der Waals surface area contributed by atoms with Crippen molar-refractivity contribution >= 4 is 0 Å². The van der Waals surface area contributed by atoms with Crippen LogP contribution in [0.4, 0.5) is 0 Å². The number of nitrogens with one attached hydrogen (secondary N) is 1. The summed E-state index contributed by atoms with van der Waals surface area (Å²) < 4.78 is 5.18. The van der Waals surface area contributed by atoms with Gasteiger partial charge in [0.1, 0.15) is 11.5 Å². The maximum absolute atomic E-state index is 10.3. The van der Waals surface area contributed by atoms with Crippen molar-refractivity contribution in [2.24, 2.45) is 0 Å². The van der Waals surface area contributed by atoms with E-state index in [9.17, 15) is 5.11 Å². The molecule has 28 heavy (non-hydrogen) atoms. The molecule has 0 spiro atoms. The summed E-state index contributed by atoms with van der Waals surface area (Å²) in [5, 5.41) is 17.9. The Morgan fingerprint density at radius 2 is 2.14 bits per heavy atom. The molecule has 1 aliphatic heterocycles. The number of H-pyrrole nitrogens is 1. The average Bonchev–Trinajstić information content (AvgIpc) is 3.20. The lowest BCUT2D eigenvalue weighted by atomic mass is 9.90. The number of hydrogen-bond acceptors (Lipinski definition) is 4. The molecule has 0 bridgehead atoms. The quantitative estimate of drug-likeness (QED) is 0.688. The van der Waals surface area contributed by atoms with Crippen molar-refractivity contribution in [1.29, 1.82) is 0 Å². The summed E-state index contributed by atoms with van der Waals surface area (Å²) in [7, 11) is 1.61. The van der Waals surface area contributed by atoms with Crippen LogP contribution in [0.1, 0.15) is 35.6 Å². The number of likely N-dealkylation sites (tertiary alicyclic amines) is 1. The highest BCUT2D eigenvalue weighted by atomic mass is 16.5. The van der Waals surface area contributed by atoms with E-state index in [4.69, 9.17) is 4.74 Å². The lowest BCUT2D eigenvalue weighted by molar-refractivity contribution is 0.196. The summed E-state index contributed by atoms with van der Waals surface area (Å²) >= 11 is 0. The number of aryl methyl sites for hydroxylation is 1. The number of hydrogen-bond donors (Lipinski definition) is 2. The number of benzene rings is 2. The lowest BCUT2D eigenvalue weighted by Crippen LogP contribution is -2.34. The first-order valence-electron chi connectivity index (χ1n) is 9.82. The fourth-order valence-corrected chi connectivity index (χ4v) is 4.13. The van der Waals surface area contributed by atoms with Crippen LogP contribution in [0, 0.1) is 6.92 Å². The van der Waals surface area contributed by atoms with Gasteiger partial charge in [0.2, 0.25) is 0 Å². The van der Waals surface area contributed by atoms with Crippen LogP contribution in [0.25, 0.3) is 11.1 Å². The van der Waals surface area contributed by atoms with Gasteiger partial charge in [-0.25, -0.2) is 0 Å². The number of rotatable bonds is 5. The van der Waals surface area contributed by atoms with E-state index in [0.717, 1.165) is 38.0 Å². The first kappa shape index (κ1) is 18.6. The van der Waals surface area contributed by atoms with Gasteiger partial charge in [-0.15, -0.1) is 0 Å².